The van der Waals surface area contributed by atoms with Crippen molar-refractivity contribution < 1.29 is 4.74 Å². The van der Waals surface area contributed by atoms with Crippen molar-refractivity contribution in [2.45, 2.75) is 0 Å². The van der Waals surface area contributed by atoms with Gasteiger partial charge in [-0.2, -0.15) is 10.2 Å². The van der Waals surface area contributed by atoms with E-state index in [0.29, 0.717) is 0 Å². The van der Waals surface area contributed by atoms with Crippen LogP contribution in [0.4, 0.5) is 17.1 Å². The summed E-state index contributed by atoms with van der Waals surface area (Å²) in [4.78, 5) is 2.00. The Hall–Kier alpha value is -2.36. The summed E-state index contributed by atoms with van der Waals surface area (Å²) in [6, 6.07) is 15.4. The second-order valence-electron chi connectivity index (χ2n) is 4.29. The molecular weight excluding hydrogens is 238 g/mol. The minimum absolute atomic E-state index is 0.770. The van der Waals surface area contributed by atoms with Crippen LogP contribution in [0.5, 0.6) is 5.75 Å². The lowest BCUT2D eigenvalue weighted by atomic mass is 10.2. The molecule has 4 nitrogen and oxygen atoms in total. The summed E-state index contributed by atoms with van der Waals surface area (Å²) < 4.78 is 5.36. The molecule has 2 rings (SSSR count). The lowest BCUT2D eigenvalue weighted by Crippen LogP contribution is -2.09. The van der Waals surface area contributed by atoms with E-state index in [-0.39, 0.29) is 0 Å². The number of rotatable bonds is 4. The minimum atomic E-state index is 0.770. The number of hydrogen-bond acceptors (Lipinski definition) is 4. The average Bonchev–Trinajstić information content (AvgIpc) is 2.45. The summed E-state index contributed by atoms with van der Waals surface area (Å²) in [5, 5.41) is 8.39. The molecule has 0 bridgehead atoms. The first-order valence-corrected chi connectivity index (χ1v) is 6.03. The van der Waals surface area contributed by atoms with E-state index in [2.05, 4.69) is 10.2 Å². The second-order valence-corrected chi connectivity index (χ2v) is 4.29. The van der Waals surface area contributed by atoms with E-state index in [1.807, 2.05) is 67.5 Å². The number of ether oxygens (including phenoxy) is 1. The molecule has 19 heavy (non-hydrogen) atoms. The highest BCUT2D eigenvalue weighted by molar-refractivity contribution is 5.63. The smallest absolute Gasteiger partial charge is 0.144 e. The van der Waals surface area contributed by atoms with Crippen molar-refractivity contribution in [2.24, 2.45) is 10.2 Å². The molecule has 4 heteroatoms. The van der Waals surface area contributed by atoms with Gasteiger partial charge in [0.1, 0.15) is 5.75 Å². The van der Waals surface area contributed by atoms with Crippen LogP contribution in [0.25, 0.3) is 0 Å². The fraction of sp³-hybridized carbons (Fsp3) is 0.200. The number of benzene rings is 2. The van der Waals surface area contributed by atoms with Gasteiger partial charge in [0.25, 0.3) is 0 Å². The van der Waals surface area contributed by atoms with Gasteiger partial charge in [-0.1, -0.05) is 18.2 Å². The molecule has 0 saturated heterocycles. The van der Waals surface area contributed by atoms with Crippen LogP contribution in [-0.4, -0.2) is 21.2 Å². The van der Waals surface area contributed by atoms with Crippen LogP contribution in [0.3, 0.4) is 0 Å². The van der Waals surface area contributed by atoms with Crippen molar-refractivity contribution in [3.05, 3.63) is 48.5 Å². The van der Waals surface area contributed by atoms with E-state index in [4.69, 9.17) is 4.74 Å². The molecule has 98 valence electrons. The molecule has 0 heterocycles. The van der Waals surface area contributed by atoms with Gasteiger partial charge in [0.05, 0.1) is 24.2 Å². The van der Waals surface area contributed by atoms with Gasteiger partial charge in [-0.15, -0.1) is 0 Å². The van der Waals surface area contributed by atoms with Crippen molar-refractivity contribution in [1.29, 1.82) is 0 Å². The summed E-state index contributed by atoms with van der Waals surface area (Å²) in [6.45, 7) is 0. The third kappa shape index (κ3) is 3.31. The van der Waals surface area contributed by atoms with Crippen molar-refractivity contribution in [1.82, 2.24) is 0 Å². The summed E-state index contributed by atoms with van der Waals surface area (Å²) in [7, 11) is 5.60. The van der Waals surface area contributed by atoms with Crippen LogP contribution in [0.15, 0.2) is 58.8 Å². The first kappa shape index (κ1) is 13.1. The van der Waals surface area contributed by atoms with Crippen LogP contribution in [0.2, 0.25) is 0 Å². The van der Waals surface area contributed by atoms with Crippen LogP contribution in [-0.2, 0) is 0 Å². The Labute approximate surface area is 113 Å². The molecule has 0 amide bonds. The van der Waals surface area contributed by atoms with E-state index in [9.17, 15) is 0 Å². The normalized spacial score (nSPS) is 10.7. The molecule has 0 saturated carbocycles. The summed E-state index contributed by atoms with van der Waals surface area (Å²) in [5.41, 5.74) is 2.62. The second kappa shape index (κ2) is 6.00. The van der Waals surface area contributed by atoms with Gasteiger partial charge >= 0.3 is 0 Å². The predicted octanol–water partition coefficient (Wildman–Crippen LogP) is 4.18. The maximum absolute atomic E-state index is 5.36. The highest BCUT2D eigenvalue weighted by Crippen LogP contribution is 2.31. The largest absolute Gasteiger partial charge is 0.495 e. The van der Waals surface area contributed by atoms with E-state index in [0.717, 1.165) is 22.8 Å². The van der Waals surface area contributed by atoms with Crippen LogP contribution >= 0.6 is 0 Å². The Morgan fingerprint density at radius 3 is 2.21 bits per heavy atom. The van der Waals surface area contributed by atoms with E-state index in [1.54, 1.807) is 7.11 Å². The molecule has 0 unspecified atom stereocenters. The zero-order chi connectivity index (χ0) is 13.7. The average molecular weight is 255 g/mol. The van der Waals surface area contributed by atoms with E-state index >= 15 is 0 Å². The Morgan fingerprint density at radius 2 is 1.58 bits per heavy atom. The van der Waals surface area contributed by atoms with Gasteiger partial charge in [-0.25, -0.2) is 0 Å². The highest BCUT2D eigenvalue weighted by Gasteiger charge is 2.05. The Kier molecular flexibility index (Phi) is 4.13. The highest BCUT2D eigenvalue weighted by atomic mass is 16.5. The molecule has 0 atom stereocenters. The number of azo groups is 1. The molecule has 2 aromatic carbocycles. The third-order valence-corrected chi connectivity index (χ3v) is 2.68. The fourth-order valence-corrected chi connectivity index (χ4v) is 1.71. The van der Waals surface area contributed by atoms with Crippen LogP contribution in [0.1, 0.15) is 0 Å². The first-order valence-electron chi connectivity index (χ1n) is 6.03. The quantitative estimate of drug-likeness (QED) is 0.769. The predicted molar refractivity (Wildman–Crippen MR) is 77.9 cm³/mol. The van der Waals surface area contributed by atoms with Gasteiger partial charge in [-0.3, -0.25) is 0 Å². The molecule has 0 N–H and O–H groups in total. The molecule has 0 aliphatic heterocycles. The van der Waals surface area contributed by atoms with Crippen molar-refractivity contribution in [3.63, 3.8) is 0 Å². The van der Waals surface area contributed by atoms with Crippen molar-refractivity contribution >= 4 is 17.1 Å². The van der Waals surface area contributed by atoms with Gasteiger partial charge in [0, 0.05) is 20.2 Å². The van der Waals surface area contributed by atoms with Crippen molar-refractivity contribution in [2.75, 3.05) is 26.1 Å². The Morgan fingerprint density at radius 1 is 0.895 bits per heavy atom. The molecule has 0 spiro atoms. The number of nitrogens with zero attached hydrogens (tertiary/aromatic N) is 3. The van der Waals surface area contributed by atoms with E-state index in [1.165, 1.54) is 0 Å². The summed E-state index contributed by atoms with van der Waals surface area (Å²) in [6.07, 6.45) is 0. The topological polar surface area (TPSA) is 37.2 Å². The lowest BCUT2D eigenvalue weighted by molar-refractivity contribution is 0.415. The number of anilines is 1. The van der Waals surface area contributed by atoms with Gasteiger partial charge in [0.2, 0.25) is 0 Å². The van der Waals surface area contributed by atoms with Crippen LogP contribution < -0.4 is 9.64 Å². The number of methoxy groups -OCH3 is 1. The maximum Gasteiger partial charge on any atom is 0.144 e. The molecule has 0 radical (unpaired) electrons. The zero-order valence-electron chi connectivity index (χ0n) is 11.4. The monoisotopic (exact) mass is 255 g/mol. The Bertz CT molecular complexity index is 565. The lowest BCUT2D eigenvalue weighted by Gasteiger charge is -2.16. The number of hydrogen-bond donors (Lipinski definition) is 0. The van der Waals surface area contributed by atoms with Crippen LogP contribution in [0, 0.1) is 0 Å². The van der Waals surface area contributed by atoms with Gasteiger partial charge in [-0.05, 0) is 24.3 Å². The van der Waals surface area contributed by atoms with Gasteiger partial charge in [0.15, 0.2) is 0 Å². The third-order valence-electron chi connectivity index (χ3n) is 2.68. The molecular formula is C15H17N3O. The van der Waals surface area contributed by atoms with Gasteiger partial charge < -0.3 is 9.64 Å². The maximum atomic E-state index is 5.36. The molecule has 2 aromatic rings. The first-order chi connectivity index (χ1) is 9.20. The van der Waals surface area contributed by atoms with Crippen molar-refractivity contribution in [3.8, 4) is 5.75 Å². The SMILES string of the molecule is COc1cc(N=Nc2ccccc2)ccc1N(C)C. The molecule has 0 aliphatic carbocycles. The molecule has 0 fully saturated rings. The zero-order valence-corrected chi connectivity index (χ0v) is 11.4. The summed E-state index contributed by atoms with van der Waals surface area (Å²) >= 11 is 0. The fourth-order valence-electron chi connectivity index (χ4n) is 1.71. The Balaban J connectivity index is 2.25. The summed E-state index contributed by atoms with van der Waals surface area (Å²) in [5.74, 6) is 0.787. The minimum Gasteiger partial charge on any atom is -0.495 e. The molecule has 0 aromatic heterocycles. The van der Waals surface area contributed by atoms with E-state index < -0.39 is 0 Å². The standard InChI is InChI=1S/C15H17N3O/c1-18(2)14-10-9-13(11-15(14)19-3)17-16-12-7-5-4-6-8-12/h4-11H,1-3H3. The molecule has 0 aliphatic rings.